The fourth-order valence-electron chi connectivity index (χ4n) is 2.14. The quantitative estimate of drug-likeness (QED) is 0.675. The van der Waals surface area contributed by atoms with E-state index in [-0.39, 0.29) is 24.1 Å². The van der Waals surface area contributed by atoms with Crippen LogP contribution in [0.2, 0.25) is 5.02 Å². The molecular formula is C16H15ClN2O3. The van der Waals surface area contributed by atoms with Crippen LogP contribution in [0.15, 0.2) is 48.5 Å². The first-order valence-corrected chi connectivity index (χ1v) is 7.12. The van der Waals surface area contributed by atoms with E-state index in [1.54, 1.807) is 30.3 Å². The maximum absolute atomic E-state index is 12.1. The fraction of sp³-hybridized carbons (Fsp3) is 0.188. The standard InChI is InChI=1S/C16H15ClN2O3/c1-11(12-6-8-14(17)9-7-12)18-16(20)10-13-4-2-3-5-15(13)19(21)22/h2-9,11H,10H2,1H3,(H,18,20). The molecular weight excluding hydrogens is 304 g/mol. The SMILES string of the molecule is CC(NC(=O)Cc1ccccc1[N+](=O)[O-])c1ccc(Cl)cc1. The predicted molar refractivity (Wildman–Crippen MR) is 84.8 cm³/mol. The summed E-state index contributed by atoms with van der Waals surface area (Å²) in [4.78, 5) is 22.5. The molecule has 2 rings (SSSR count). The van der Waals surface area contributed by atoms with Crippen LogP contribution in [-0.4, -0.2) is 10.8 Å². The Hall–Kier alpha value is -2.40. The van der Waals surface area contributed by atoms with Crippen molar-refractivity contribution in [1.82, 2.24) is 5.32 Å². The van der Waals surface area contributed by atoms with Gasteiger partial charge in [0.15, 0.2) is 0 Å². The molecule has 6 heteroatoms. The van der Waals surface area contributed by atoms with Gasteiger partial charge in [0.2, 0.25) is 5.91 Å². The smallest absolute Gasteiger partial charge is 0.273 e. The van der Waals surface area contributed by atoms with Gasteiger partial charge >= 0.3 is 0 Å². The zero-order valence-corrected chi connectivity index (χ0v) is 12.7. The van der Waals surface area contributed by atoms with E-state index in [0.717, 1.165) is 5.56 Å². The molecule has 1 N–H and O–H groups in total. The normalized spacial score (nSPS) is 11.7. The number of nitrogens with zero attached hydrogens (tertiary/aromatic N) is 1. The third-order valence-corrected chi connectivity index (χ3v) is 3.54. The van der Waals surface area contributed by atoms with Crippen LogP contribution in [0.25, 0.3) is 0 Å². The molecule has 0 radical (unpaired) electrons. The number of nitro benzene ring substituents is 1. The average molecular weight is 319 g/mol. The summed E-state index contributed by atoms with van der Waals surface area (Å²) in [5, 5.41) is 14.4. The first-order chi connectivity index (χ1) is 10.5. The second-order valence-corrected chi connectivity index (χ2v) is 5.34. The highest BCUT2D eigenvalue weighted by Gasteiger charge is 2.17. The third-order valence-electron chi connectivity index (χ3n) is 3.29. The molecule has 1 unspecified atom stereocenters. The van der Waals surface area contributed by atoms with Crippen molar-refractivity contribution in [3.05, 3.63) is 74.8 Å². The van der Waals surface area contributed by atoms with Crippen LogP contribution in [0, 0.1) is 10.1 Å². The van der Waals surface area contributed by atoms with Crippen molar-refractivity contribution in [3.63, 3.8) is 0 Å². The van der Waals surface area contributed by atoms with Gasteiger partial charge in [-0.2, -0.15) is 0 Å². The van der Waals surface area contributed by atoms with Crippen molar-refractivity contribution in [1.29, 1.82) is 0 Å². The molecule has 2 aromatic carbocycles. The summed E-state index contributed by atoms with van der Waals surface area (Å²) in [7, 11) is 0. The van der Waals surface area contributed by atoms with E-state index in [1.165, 1.54) is 6.07 Å². The molecule has 0 aliphatic carbocycles. The number of nitro groups is 1. The maximum atomic E-state index is 12.1. The Bertz CT molecular complexity index is 686. The van der Waals surface area contributed by atoms with Crippen LogP contribution in [0.1, 0.15) is 24.1 Å². The number of amides is 1. The number of nitrogens with one attached hydrogen (secondary N) is 1. The molecule has 0 heterocycles. The minimum Gasteiger partial charge on any atom is -0.349 e. The lowest BCUT2D eigenvalue weighted by atomic mass is 10.1. The molecule has 1 atom stereocenters. The maximum Gasteiger partial charge on any atom is 0.273 e. The lowest BCUT2D eigenvalue weighted by Gasteiger charge is -2.14. The number of rotatable bonds is 5. The average Bonchev–Trinajstić information content (AvgIpc) is 2.48. The molecule has 0 fully saturated rings. The van der Waals surface area contributed by atoms with E-state index in [9.17, 15) is 14.9 Å². The highest BCUT2D eigenvalue weighted by atomic mass is 35.5. The Balaban J connectivity index is 2.04. The van der Waals surface area contributed by atoms with Gasteiger partial charge in [-0.3, -0.25) is 14.9 Å². The monoisotopic (exact) mass is 318 g/mol. The summed E-state index contributed by atoms with van der Waals surface area (Å²) in [6.07, 6.45) is -0.0327. The van der Waals surface area contributed by atoms with E-state index < -0.39 is 4.92 Å². The van der Waals surface area contributed by atoms with Crippen LogP contribution < -0.4 is 5.32 Å². The van der Waals surface area contributed by atoms with Gasteiger partial charge in [-0.1, -0.05) is 41.9 Å². The van der Waals surface area contributed by atoms with E-state index in [2.05, 4.69) is 5.32 Å². The zero-order chi connectivity index (χ0) is 16.1. The highest BCUT2D eigenvalue weighted by molar-refractivity contribution is 6.30. The van der Waals surface area contributed by atoms with E-state index in [0.29, 0.717) is 10.6 Å². The Morgan fingerprint density at radius 1 is 1.23 bits per heavy atom. The first-order valence-electron chi connectivity index (χ1n) is 6.74. The van der Waals surface area contributed by atoms with E-state index in [1.807, 2.05) is 19.1 Å². The van der Waals surface area contributed by atoms with Crippen molar-refractivity contribution < 1.29 is 9.72 Å². The lowest BCUT2D eigenvalue weighted by molar-refractivity contribution is -0.385. The molecule has 1 amide bonds. The van der Waals surface area contributed by atoms with Crippen molar-refractivity contribution in [2.75, 3.05) is 0 Å². The van der Waals surface area contributed by atoms with Crippen LogP contribution in [0.4, 0.5) is 5.69 Å². The third kappa shape index (κ3) is 4.05. The van der Waals surface area contributed by atoms with Gasteiger partial charge in [-0.25, -0.2) is 0 Å². The highest BCUT2D eigenvalue weighted by Crippen LogP contribution is 2.19. The summed E-state index contributed by atoms with van der Waals surface area (Å²) in [5.41, 5.74) is 1.27. The number of hydrogen-bond acceptors (Lipinski definition) is 3. The topological polar surface area (TPSA) is 72.2 Å². The van der Waals surface area contributed by atoms with Gasteiger partial charge in [0.1, 0.15) is 0 Å². The molecule has 0 spiro atoms. The van der Waals surface area contributed by atoms with Gasteiger partial charge in [0.05, 0.1) is 17.4 Å². The van der Waals surface area contributed by atoms with Crippen LogP contribution >= 0.6 is 11.6 Å². The molecule has 2 aromatic rings. The van der Waals surface area contributed by atoms with Crippen LogP contribution in [0.5, 0.6) is 0 Å². The number of halogens is 1. The molecule has 0 aliphatic heterocycles. The molecule has 0 bridgehead atoms. The Morgan fingerprint density at radius 2 is 1.86 bits per heavy atom. The van der Waals surface area contributed by atoms with Crippen molar-refractivity contribution >= 4 is 23.2 Å². The number of carbonyl (C=O) groups excluding carboxylic acids is 1. The Kier molecular flexibility index (Phi) is 5.12. The van der Waals surface area contributed by atoms with E-state index >= 15 is 0 Å². The van der Waals surface area contributed by atoms with Gasteiger partial charge < -0.3 is 5.32 Å². The first kappa shape index (κ1) is 16.0. The molecule has 5 nitrogen and oxygen atoms in total. The second kappa shape index (κ2) is 7.04. The van der Waals surface area contributed by atoms with Crippen molar-refractivity contribution in [2.45, 2.75) is 19.4 Å². The van der Waals surface area contributed by atoms with Gasteiger partial charge in [0.25, 0.3) is 5.69 Å². The summed E-state index contributed by atoms with van der Waals surface area (Å²) < 4.78 is 0. The molecule has 0 aromatic heterocycles. The number of hydrogen-bond donors (Lipinski definition) is 1. The van der Waals surface area contributed by atoms with Gasteiger partial charge in [0, 0.05) is 16.7 Å². The number of carbonyl (C=O) groups is 1. The summed E-state index contributed by atoms with van der Waals surface area (Å²) in [5.74, 6) is -0.267. The molecule has 0 saturated heterocycles. The van der Waals surface area contributed by atoms with E-state index in [4.69, 9.17) is 11.6 Å². The molecule has 0 saturated carbocycles. The molecule has 0 aliphatic rings. The fourth-order valence-corrected chi connectivity index (χ4v) is 2.26. The zero-order valence-electron chi connectivity index (χ0n) is 12.0. The lowest BCUT2D eigenvalue weighted by Crippen LogP contribution is -2.28. The Morgan fingerprint density at radius 3 is 2.50 bits per heavy atom. The second-order valence-electron chi connectivity index (χ2n) is 4.90. The molecule has 114 valence electrons. The van der Waals surface area contributed by atoms with Gasteiger partial charge in [-0.15, -0.1) is 0 Å². The Labute approximate surface area is 133 Å². The number of para-hydroxylation sites is 1. The van der Waals surface area contributed by atoms with Crippen LogP contribution in [0.3, 0.4) is 0 Å². The summed E-state index contributed by atoms with van der Waals surface area (Å²) in [6.45, 7) is 1.85. The summed E-state index contributed by atoms with van der Waals surface area (Å²) >= 11 is 5.83. The number of benzene rings is 2. The van der Waals surface area contributed by atoms with Crippen molar-refractivity contribution in [3.8, 4) is 0 Å². The largest absolute Gasteiger partial charge is 0.349 e. The van der Waals surface area contributed by atoms with Crippen LogP contribution in [-0.2, 0) is 11.2 Å². The minimum atomic E-state index is -0.481. The predicted octanol–water partition coefficient (Wildman–Crippen LogP) is 3.67. The summed E-state index contributed by atoms with van der Waals surface area (Å²) in [6, 6.07) is 13.2. The molecule has 22 heavy (non-hydrogen) atoms. The van der Waals surface area contributed by atoms with Crippen molar-refractivity contribution in [2.24, 2.45) is 0 Å². The minimum absolute atomic E-state index is 0.0327. The van der Waals surface area contributed by atoms with Gasteiger partial charge in [-0.05, 0) is 24.6 Å².